The summed E-state index contributed by atoms with van der Waals surface area (Å²) < 4.78 is 4.40. The van der Waals surface area contributed by atoms with Crippen LogP contribution in [-0.2, 0) is 0 Å². The first-order valence-corrected chi connectivity index (χ1v) is 6.70. The summed E-state index contributed by atoms with van der Waals surface area (Å²) in [6.07, 6.45) is 0. The zero-order chi connectivity index (χ0) is 11.5. The van der Waals surface area contributed by atoms with E-state index in [0.717, 1.165) is 10.5 Å². The van der Waals surface area contributed by atoms with Gasteiger partial charge in [-0.3, -0.25) is 0 Å². The SMILES string of the molecule is CC(C)C(CCl)Nc1snc2ccccc12. The van der Waals surface area contributed by atoms with Crippen molar-refractivity contribution in [1.82, 2.24) is 4.37 Å². The average Bonchev–Trinajstić information content (AvgIpc) is 2.69. The molecule has 0 saturated heterocycles. The van der Waals surface area contributed by atoms with Gasteiger partial charge in [0.25, 0.3) is 0 Å². The molecule has 0 aliphatic rings. The van der Waals surface area contributed by atoms with Crippen molar-refractivity contribution in [3.05, 3.63) is 24.3 Å². The van der Waals surface area contributed by atoms with E-state index in [1.807, 2.05) is 18.2 Å². The van der Waals surface area contributed by atoms with Crippen molar-refractivity contribution in [1.29, 1.82) is 0 Å². The van der Waals surface area contributed by atoms with Crippen LogP contribution in [0, 0.1) is 5.92 Å². The van der Waals surface area contributed by atoms with E-state index < -0.39 is 0 Å². The van der Waals surface area contributed by atoms with Gasteiger partial charge in [-0.15, -0.1) is 11.6 Å². The predicted molar refractivity (Wildman–Crippen MR) is 72.6 cm³/mol. The van der Waals surface area contributed by atoms with Gasteiger partial charge >= 0.3 is 0 Å². The quantitative estimate of drug-likeness (QED) is 0.835. The van der Waals surface area contributed by atoms with Crippen molar-refractivity contribution in [2.24, 2.45) is 5.92 Å². The van der Waals surface area contributed by atoms with E-state index in [1.54, 1.807) is 0 Å². The van der Waals surface area contributed by atoms with E-state index in [4.69, 9.17) is 11.6 Å². The lowest BCUT2D eigenvalue weighted by Crippen LogP contribution is -2.26. The summed E-state index contributed by atoms with van der Waals surface area (Å²) in [6.45, 7) is 4.34. The third-order valence-corrected chi connectivity index (χ3v) is 3.81. The van der Waals surface area contributed by atoms with Crippen molar-refractivity contribution in [2.45, 2.75) is 19.9 Å². The van der Waals surface area contributed by atoms with Crippen LogP contribution >= 0.6 is 23.1 Å². The Morgan fingerprint density at radius 1 is 1.38 bits per heavy atom. The maximum Gasteiger partial charge on any atom is 0.117 e. The number of nitrogens with zero attached hydrogens (tertiary/aromatic N) is 1. The molecule has 0 bridgehead atoms. The molecule has 0 aliphatic heterocycles. The maximum atomic E-state index is 5.95. The van der Waals surface area contributed by atoms with Crippen LogP contribution in [0.5, 0.6) is 0 Å². The van der Waals surface area contributed by atoms with Crippen LogP contribution in [0.2, 0.25) is 0 Å². The Bertz CT molecular complexity index is 467. The molecule has 2 nitrogen and oxygen atoms in total. The van der Waals surface area contributed by atoms with Crippen LogP contribution in [-0.4, -0.2) is 16.3 Å². The van der Waals surface area contributed by atoms with Crippen molar-refractivity contribution >= 4 is 39.0 Å². The van der Waals surface area contributed by atoms with Crippen LogP contribution in [0.15, 0.2) is 24.3 Å². The van der Waals surface area contributed by atoms with Crippen LogP contribution < -0.4 is 5.32 Å². The van der Waals surface area contributed by atoms with E-state index in [1.165, 1.54) is 16.9 Å². The molecule has 1 N–H and O–H groups in total. The Morgan fingerprint density at radius 2 is 2.12 bits per heavy atom. The molecule has 1 aromatic carbocycles. The van der Waals surface area contributed by atoms with Crippen molar-refractivity contribution in [3.63, 3.8) is 0 Å². The Hall–Kier alpha value is -0.800. The van der Waals surface area contributed by atoms with E-state index in [-0.39, 0.29) is 0 Å². The summed E-state index contributed by atoms with van der Waals surface area (Å²) in [6, 6.07) is 8.46. The van der Waals surface area contributed by atoms with Gasteiger partial charge in [0.15, 0.2) is 0 Å². The van der Waals surface area contributed by atoms with Gasteiger partial charge in [0, 0.05) is 17.3 Å². The van der Waals surface area contributed by atoms with Crippen molar-refractivity contribution < 1.29 is 0 Å². The molecule has 2 aromatic rings. The van der Waals surface area contributed by atoms with Gasteiger partial charge in [-0.1, -0.05) is 26.0 Å². The number of nitrogens with one attached hydrogen (secondary N) is 1. The number of halogens is 1. The highest BCUT2D eigenvalue weighted by Gasteiger charge is 2.14. The molecular weight excluding hydrogens is 240 g/mol. The number of rotatable bonds is 4. The van der Waals surface area contributed by atoms with E-state index in [2.05, 4.69) is 29.6 Å². The van der Waals surface area contributed by atoms with Crippen LogP contribution in [0.3, 0.4) is 0 Å². The molecule has 2 rings (SSSR count). The van der Waals surface area contributed by atoms with Crippen molar-refractivity contribution in [3.8, 4) is 0 Å². The average molecular weight is 255 g/mol. The fourth-order valence-corrected chi connectivity index (χ4v) is 2.80. The van der Waals surface area contributed by atoms with Crippen molar-refractivity contribution in [2.75, 3.05) is 11.2 Å². The molecule has 0 aliphatic carbocycles. The van der Waals surface area contributed by atoms with Gasteiger partial charge in [0.2, 0.25) is 0 Å². The molecule has 0 amide bonds. The van der Waals surface area contributed by atoms with Gasteiger partial charge in [0.05, 0.1) is 5.52 Å². The lowest BCUT2D eigenvalue weighted by atomic mass is 10.1. The number of alkyl halides is 1. The molecule has 0 fully saturated rings. The Kier molecular flexibility index (Phi) is 3.66. The fraction of sp³-hybridized carbons (Fsp3) is 0.417. The number of benzene rings is 1. The minimum absolute atomic E-state index is 0.297. The summed E-state index contributed by atoms with van der Waals surface area (Å²) in [7, 11) is 0. The molecule has 1 atom stereocenters. The van der Waals surface area contributed by atoms with Gasteiger partial charge in [-0.2, -0.15) is 4.37 Å². The lowest BCUT2D eigenvalue weighted by Gasteiger charge is -2.19. The lowest BCUT2D eigenvalue weighted by molar-refractivity contribution is 0.566. The standard InChI is InChI=1S/C12H15ClN2S/c1-8(2)11(7-13)14-12-9-5-3-4-6-10(9)15-16-12/h3-6,8,11,14H,7H2,1-2H3. The highest BCUT2D eigenvalue weighted by molar-refractivity contribution is 7.11. The molecule has 0 spiro atoms. The third-order valence-electron chi connectivity index (χ3n) is 2.67. The summed E-state index contributed by atoms with van der Waals surface area (Å²) in [5.74, 6) is 1.13. The largest absolute Gasteiger partial charge is 0.371 e. The maximum absolute atomic E-state index is 5.95. The second-order valence-electron chi connectivity index (χ2n) is 4.18. The summed E-state index contributed by atoms with van der Waals surface area (Å²) >= 11 is 7.46. The Labute approximate surface area is 105 Å². The van der Waals surface area contributed by atoms with Gasteiger partial charge in [0.1, 0.15) is 5.00 Å². The first kappa shape index (κ1) is 11.7. The topological polar surface area (TPSA) is 24.9 Å². The monoisotopic (exact) mass is 254 g/mol. The number of fused-ring (bicyclic) bond motifs is 1. The number of aromatic nitrogens is 1. The molecule has 1 heterocycles. The number of anilines is 1. The van der Waals surface area contributed by atoms with Gasteiger partial charge in [-0.05, 0) is 29.6 Å². The molecule has 86 valence electrons. The van der Waals surface area contributed by atoms with Crippen LogP contribution in [0.4, 0.5) is 5.00 Å². The zero-order valence-corrected chi connectivity index (χ0v) is 11.0. The molecule has 1 aromatic heterocycles. The summed E-state index contributed by atoms with van der Waals surface area (Å²) in [5.41, 5.74) is 1.05. The van der Waals surface area contributed by atoms with Gasteiger partial charge < -0.3 is 5.32 Å². The molecular formula is C12H15ClN2S. The molecule has 0 radical (unpaired) electrons. The predicted octanol–water partition coefficient (Wildman–Crippen LogP) is 3.97. The Morgan fingerprint density at radius 3 is 2.81 bits per heavy atom. The first-order valence-electron chi connectivity index (χ1n) is 5.39. The zero-order valence-electron chi connectivity index (χ0n) is 9.40. The van der Waals surface area contributed by atoms with E-state index in [9.17, 15) is 0 Å². The van der Waals surface area contributed by atoms with Crippen LogP contribution in [0.1, 0.15) is 13.8 Å². The number of hydrogen-bond acceptors (Lipinski definition) is 3. The number of hydrogen-bond donors (Lipinski definition) is 1. The highest BCUT2D eigenvalue weighted by atomic mass is 35.5. The highest BCUT2D eigenvalue weighted by Crippen LogP contribution is 2.28. The molecule has 4 heteroatoms. The smallest absolute Gasteiger partial charge is 0.117 e. The molecule has 16 heavy (non-hydrogen) atoms. The second-order valence-corrected chi connectivity index (χ2v) is 5.26. The Balaban J connectivity index is 2.27. The normalized spacial score (nSPS) is 13.2. The fourth-order valence-electron chi connectivity index (χ4n) is 1.55. The summed E-state index contributed by atoms with van der Waals surface area (Å²) in [5, 5.41) is 5.78. The second kappa shape index (κ2) is 5.02. The molecule has 0 saturated carbocycles. The van der Waals surface area contributed by atoms with Gasteiger partial charge in [-0.25, -0.2) is 0 Å². The van der Waals surface area contributed by atoms with E-state index >= 15 is 0 Å². The summed E-state index contributed by atoms with van der Waals surface area (Å²) in [4.78, 5) is 0. The minimum Gasteiger partial charge on any atom is -0.371 e. The third kappa shape index (κ3) is 2.30. The first-order chi connectivity index (χ1) is 7.72. The minimum atomic E-state index is 0.297. The van der Waals surface area contributed by atoms with Crippen LogP contribution in [0.25, 0.3) is 10.9 Å². The molecule has 1 unspecified atom stereocenters. The van der Waals surface area contributed by atoms with E-state index in [0.29, 0.717) is 17.8 Å².